The van der Waals surface area contributed by atoms with Gasteiger partial charge in [-0.2, -0.15) is 0 Å². The van der Waals surface area contributed by atoms with Crippen LogP contribution in [-0.4, -0.2) is 31.1 Å². The summed E-state index contributed by atoms with van der Waals surface area (Å²) in [6.45, 7) is 0.807. The second-order valence-electron chi connectivity index (χ2n) is 3.12. The number of anilines is 1. The van der Waals surface area contributed by atoms with Gasteiger partial charge in [0, 0.05) is 20.1 Å². The zero-order chi connectivity index (χ0) is 11.3. The minimum atomic E-state index is -0.452. The molecule has 5 heteroatoms. The number of carbonyl (C=O) groups excluding carboxylic acids is 1. The molecule has 15 heavy (non-hydrogen) atoms. The molecule has 2 amide bonds. The first-order chi connectivity index (χ1) is 7.15. The lowest BCUT2D eigenvalue weighted by Crippen LogP contribution is -2.35. The fourth-order valence-electron chi connectivity index (χ4n) is 1.07. The van der Waals surface area contributed by atoms with E-state index >= 15 is 0 Å². The number of carbonyl (C=O) groups is 1. The lowest BCUT2D eigenvalue weighted by molar-refractivity contribution is 0.223. The second-order valence-corrected chi connectivity index (χ2v) is 3.12. The second kappa shape index (κ2) is 5.31. The number of amides is 2. The number of halogens is 1. The van der Waals surface area contributed by atoms with Crippen LogP contribution in [0.4, 0.5) is 14.9 Å². The normalized spacial score (nSPS) is 9.80. The molecule has 0 saturated heterocycles. The number of likely N-dealkylation sites (N-methyl/N-ethyl adjacent to an activating group) is 1. The van der Waals surface area contributed by atoms with E-state index in [1.807, 2.05) is 0 Å². The molecule has 0 unspecified atom stereocenters. The van der Waals surface area contributed by atoms with Crippen molar-refractivity contribution < 1.29 is 9.18 Å². The topological polar surface area (TPSA) is 58.4 Å². The molecule has 0 fully saturated rings. The van der Waals surface area contributed by atoms with Gasteiger partial charge in [0.05, 0.1) is 5.69 Å². The molecular weight excluding hydrogens is 197 g/mol. The number of nitrogens with zero attached hydrogens (tertiary/aromatic N) is 1. The Morgan fingerprint density at radius 1 is 1.53 bits per heavy atom. The van der Waals surface area contributed by atoms with Crippen molar-refractivity contribution in [3.63, 3.8) is 0 Å². The van der Waals surface area contributed by atoms with Crippen molar-refractivity contribution in [3.05, 3.63) is 30.1 Å². The van der Waals surface area contributed by atoms with E-state index in [0.717, 1.165) is 0 Å². The molecule has 1 aromatic carbocycles. The summed E-state index contributed by atoms with van der Waals surface area (Å²) in [5.74, 6) is -0.452. The third kappa shape index (κ3) is 3.21. The minimum absolute atomic E-state index is 0.173. The van der Waals surface area contributed by atoms with Gasteiger partial charge in [-0.15, -0.1) is 0 Å². The van der Waals surface area contributed by atoms with Crippen LogP contribution in [-0.2, 0) is 0 Å². The van der Waals surface area contributed by atoms with Gasteiger partial charge in [0.25, 0.3) is 0 Å². The Kier molecular flexibility index (Phi) is 4.05. The van der Waals surface area contributed by atoms with Gasteiger partial charge in [-0.05, 0) is 12.1 Å². The SMILES string of the molecule is CN(CCN)C(=O)Nc1ccccc1F. The molecule has 3 N–H and O–H groups in total. The number of nitrogens with two attached hydrogens (primary N) is 1. The predicted octanol–water partition coefficient (Wildman–Crippen LogP) is 1.25. The summed E-state index contributed by atoms with van der Waals surface area (Å²) in [6.07, 6.45) is 0. The highest BCUT2D eigenvalue weighted by Crippen LogP contribution is 2.12. The van der Waals surface area contributed by atoms with Crippen molar-refractivity contribution >= 4 is 11.7 Å². The fourth-order valence-corrected chi connectivity index (χ4v) is 1.07. The van der Waals surface area contributed by atoms with Gasteiger partial charge >= 0.3 is 6.03 Å². The molecular formula is C10H14FN3O. The summed E-state index contributed by atoms with van der Waals surface area (Å²) in [5, 5.41) is 2.45. The van der Waals surface area contributed by atoms with Crippen molar-refractivity contribution in [1.82, 2.24) is 4.90 Å². The molecule has 0 aromatic heterocycles. The Hall–Kier alpha value is -1.62. The molecule has 4 nitrogen and oxygen atoms in total. The van der Waals surface area contributed by atoms with Gasteiger partial charge in [0.2, 0.25) is 0 Å². The highest BCUT2D eigenvalue weighted by molar-refractivity contribution is 5.89. The van der Waals surface area contributed by atoms with Crippen LogP contribution in [0.25, 0.3) is 0 Å². The maximum atomic E-state index is 13.1. The number of benzene rings is 1. The highest BCUT2D eigenvalue weighted by atomic mass is 19.1. The van der Waals surface area contributed by atoms with Gasteiger partial charge in [0.15, 0.2) is 0 Å². The number of nitrogens with one attached hydrogen (secondary N) is 1. The van der Waals surface area contributed by atoms with E-state index in [1.165, 1.54) is 17.0 Å². The lowest BCUT2D eigenvalue weighted by atomic mass is 10.3. The first-order valence-corrected chi connectivity index (χ1v) is 4.62. The van der Waals surface area contributed by atoms with Crippen molar-refractivity contribution in [2.75, 3.05) is 25.5 Å². The molecule has 0 aliphatic rings. The molecule has 0 bridgehead atoms. The van der Waals surface area contributed by atoms with E-state index in [2.05, 4.69) is 5.32 Å². The molecule has 1 aromatic rings. The molecule has 0 radical (unpaired) electrons. The zero-order valence-corrected chi connectivity index (χ0v) is 8.53. The van der Waals surface area contributed by atoms with Gasteiger partial charge < -0.3 is 16.0 Å². The van der Waals surface area contributed by atoms with Crippen LogP contribution in [0.3, 0.4) is 0 Å². The van der Waals surface area contributed by atoms with Crippen LogP contribution in [0.2, 0.25) is 0 Å². The van der Waals surface area contributed by atoms with E-state index in [9.17, 15) is 9.18 Å². The number of rotatable bonds is 3. The first-order valence-electron chi connectivity index (χ1n) is 4.62. The smallest absolute Gasteiger partial charge is 0.321 e. The summed E-state index contributed by atoms with van der Waals surface area (Å²) < 4.78 is 13.1. The van der Waals surface area contributed by atoms with Crippen molar-refractivity contribution in [1.29, 1.82) is 0 Å². The number of urea groups is 1. The van der Waals surface area contributed by atoms with Crippen LogP contribution < -0.4 is 11.1 Å². The maximum absolute atomic E-state index is 13.1. The molecule has 0 heterocycles. The van der Waals surface area contributed by atoms with Gasteiger partial charge in [-0.1, -0.05) is 12.1 Å². The average molecular weight is 211 g/mol. The monoisotopic (exact) mass is 211 g/mol. The molecule has 0 spiro atoms. The third-order valence-corrected chi connectivity index (χ3v) is 1.93. The van der Waals surface area contributed by atoms with E-state index in [0.29, 0.717) is 13.1 Å². The Morgan fingerprint density at radius 3 is 2.80 bits per heavy atom. The quantitative estimate of drug-likeness (QED) is 0.790. The predicted molar refractivity (Wildman–Crippen MR) is 57.1 cm³/mol. The maximum Gasteiger partial charge on any atom is 0.321 e. The van der Waals surface area contributed by atoms with Crippen LogP contribution in [0.5, 0.6) is 0 Å². The molecule has 0 aliphatic heterocycles. The summed E-state index contributed by atoms with van der Waals surface area (Å²) in [6, 6.07) is 5.64. The van der Waals surface area contributed by atoms with Crippen LogP contribution >= 0.6 is 0 Å². The minimum Gasteiger partial charge on any atom is -0.329 e. The Bertz CT molecular complexity index is 343. The first kappa shape index (κ1) is 11.5. The molecule has 0 aliphatic carbocycles. The molecule has 82 valence electrons. The average Bonchev–Trinajstić information content (AvgIpc) is 2.21. The molecule has 0 saturated carbocycles. The fraction of sp³-hybridized carbons (Fsp3) is 0.300. The number of hydrogen-bond acceptors (Lipinski definition) is 2. The summed E-state index contributed by atoms with van der Waals surface area (Å²) >= 11 is 0. The van der Waals surface area contributed by atoms with Crippen molar-refractivity contribution in [2.45, 2.75) is 0 Å². The van der Waals surface area contributed by atoms with E-state index in [1.54, 1.807) is 19.2 Å². The van der Waals surface area contributed by atoms with Crippen LogP contribution in [0.15, 0.2) is 24.3 Å². The largest absolute Gasteiger partial charge is 0.329 e. The van der Waals surface area contributed by atoms with E-state index in [-0.39, 0.29) is 11.7 Å². The van der Waals surface area contributed by atoms with E-state index < -0.39 is 5.82 Å². The van der Waals surface area contributed by atoms with Crippen molar-refractivity contribution in [3.8, 4) is 0 Å². The molecule has 1 rings (SSSR count). The Labute approximate surface area is 87.9 Å². The summed E-state index contributed by atoms with van der Waals surface area (Å²) in [7, 11) is 1.60. The zero-order valence-electron chi connectivity index (χ0n) is 8.53. The van der Waals surface area contributed by atoms with E-state index in [4.69, 9.17) is 5.73 Å². The number of hydrogen-bond donors (Lipinski definition) is 2. The van der Waals surface area contributed by atoms with Gasteiger partial charge in [0.1, 0.15) is 5.82 Å². The van der Waals surface area contributed by atoms with Crippen LogP contribution in [0, 0.1) is 5.82 Å². The summed E-state index contributed by atoms with van der Waals surface area (Å²) in [4.78, 5) is 12.8. The standard InChI is InChI=1S/C10H14FN3O/c1-14(7-6-12)10(15)13-9-5-3-2-4-8(9)11/h2-5H,6-7,12H2,1H3,(H,13,15). The lowest BCUT2D eigenvalue weighted by Gasteiger charge is -2.16. The van der Waals surface area contributed by atoms with Crippen LogP contribution in [0.1, 0.15) is 0 Å². The third-order valence-electron chi connectivity index (χ3n) is 1.93. The molecule has 0 atom stereocenters. The Morgan fingerprint density at radius 2 is 2.20 bits per heavy atom. The summed E-state index contributed by atoms with van der Waals surface area (Å²) in [5.41, 5.74) is 5.47. The number of para-hydroxylation sites is 1. The van der Waals surface area contributed by atoms with Gasteiger partial charge in [-0.25, -0.2) is 9.18 Å². The Balaban J connectivity index is 2.62. The van der Waals surface area contributed by atoms with Crippen molar-refractivity contribution in [2.24, 2.45) is 5.73 Å². The highest BCUT2D eigenvalue weighted by Gasteiger charge is 2.09. The van der Waals surface area contributed by atoms with Gasteiger partial charge in [-0.3, -0.25) is 0 Å².